The van der Waals surface area contributed by atoms with Crippen LogP contribution in [0.4, 0.5) is 5.69 Å². The van der Waals surface area contributed by atoms with Gasteiger partial charge in [0.25, 0.3) is 0 Å². The van der Waals surface area contributed by atoms with Crippen LogP contribution in [-0.2, 0) is 0 Å². The molecule has 0 aliphatic heterocycles. The van der Waals surface area contributed by atoms with Crippen LogP contribution in [0.5, 0.6) is 11.5 Å². The van der Waals surface area contributed by atoms with Crippen molar-refractivity contribution in [2.45, 2.75) is 0 Å². The number of nitrogen functional groups attached to an aromatic ring is 1. The van der Waals surface area contributed by atoms with Crippen molar-refractivity contribution in [3.8, 4) is 22.6 Å². The van der Waals surface area contributed by atoms with Gasteiger partial charge in [-0.3, -0.25) is 0 Å². The monoisotopic (exact) mass is 283 g/mol. The number of benzene rings is 2. The minimum Gasteiger partial charge on any atom is -0.507 e. The van der Waals surface area contributed by atoms with Crippen LogP contribution in [0.3, 0.4) is 0 Å². The molecular formula is C13H11Cl2NO2. The Hall–Kier alpha value is -1.58. The summed E-state index contributed by atoms with van der Waals surface area (Å²) in [5.41, 5.74) is 7.21. The summed E-state index contributed by atoms with van der Waals surface area (Å²) in [7, 11) is 1.53. The Kier molecular flexibility index (Phi) is 3.55. The third-order valence-electron chi connectivity index (χ3n) is 2.60. The molecule has 0 bridgehead atoms. The van der Waals surface area contributed by atoms with E-state index in [0.717, 1.165) is 0 Å². The SMILES string of the molecule is COc1ccc(Cl)cc1-c1c(O)ccc(Cl)c1N. The highest BCUT2D eigenvalue weighted by atomic mass is 35.5. The third-order valence-corrected chi connectivity index (χ3v) is 3.17. The van der Waals surface area contributed by atoms with Crippen molar-refractivity contribution in [1.29, 1.82) is 0 Å². The Morgan fingerprint density at radius 3 is 2.56 bits per heavy atom. The lowest BCUT2D eigenvalue weighted by Gasteiger charge is -2.13. The van der Waals surface area contributed by atoms with E-state index in [1.807, 2.05) is 0 Å². The lowest BCUT2D eigenvalue weighted by Crippen LogP contribution is -1.94. The quantitative estimate of drug-likeness (QED) is 0.821. The fourth-order valence-electron chi connectivity index (χ4n) is 1.74. The minimum atomic E-state index is 0.0254. The van der Waals surface area contributed by atoms with Crippen molar-refractivity contribution in [3.63, 3.8) is 0 Å². The summed E-state index contributed by atoms with van der Waals surface area (Å²) in [5, 5.41) is 10.8. The van der Waals surface area contributed by atoms with E-state index in [1.54, 1.807) is 18.2 Å². The molecule has 0 amide bonds. The average Bonchev–Trinajstić information content (AvgIpc) is 2.35. The molecule has 2 aromatic carbocycles. The van der Waals surface area contributed by atoms with Gasteiger partial charge in [0.1, 0.15) is 11.5 Å². The topological polar surface area (TPSA) is 55.5 Å². The first-order chi connectivity index (χ1) is 8.54. The molecule has 0 spiro atoms. The number of phenolic OH excluding ortho intramolecular Hbond substituents is 1. The normalized spacial score (nSPS) is 10.4. The fraction of sp³-hybridized carbons (Fsp3) is 0.0769. The smallest absolute Gasteiger partial charge is 0.127 e. The second kappa shape index (κ2) is 4.96. The van der Waals surface area contributed by atoms with E-state index in [4.69, 9.17) is 33.7 Å². The molecular weight excluding hydrogens is 273 g/mol. The van der Waals surface area contributed by atoms with Crippen LogP contribution in [0, 0.1) is 0 Å². The number of anilines is 1. The van der Waals surface area contributed by atoms with Crippen LogP contribution in [0.15, 0.2) is 30.3 Å². The Morgan fingerprint density at radius 2 is 1.89 bits per heavy atom. The highest BCUT2D eigenvalue weighted by molar-refractivity contribution is 6.34. The molecule has 0 radical (unpaired) electrons. The maximum atomic E-state index is 9.94. The van der Waals surface area contributed by atoms with Gasteiger partial charge in [-0.05, 0) is 30.3 Å². The van der Waals surface area contributed by atoms with Crippen molar-refractivity contribution in [2.24, 2.45) is 0 Å². The van der Waals surface area contributed by atoms with Gasteiger partial charge >= 0.3 is 0 Å². The van der Waals surface area contributed by atoms with Crippen LogP contribution in [-0.4, -0.2) is 12.2 Å². The molecule has 0 aliphatic carbocycles. The standard InChI is InChI=1S/C13H11Cl2NO2/c1-18-11-5-2-7(14)6-8(11)12-10(17)4-3-9(15)13(12)16/h2-6,17H,16H2,1H3. The number of hydrogen-bond acceptors (Lipinski definition) is 3. The first-order valence-corrected chi connectivity index (χ1v) is 5.91. The molecule has 2 rings (SSSR count). The molecule has 3 N–H and O–H groups in total. The zero-order chi connectivity index (χ0) is 13.3. The Labute approximate surface area is 115 Å². The largest absolute Gasteiger partial charge is 0.507 e. The van der Waals surface area contributed by atoms with Gasteiger partial charge in [0, 0.05) is 10.6 Å². The van der Waals surface area contributed by atoms with E-state index in [1.165, 1.54) is 19.2 Å². The van der Waals surface area contributed by atoms with E-state index < -0.39 is 0 Å². The summed E-state index contributed by atoms with van der Waals surface area (Å²) in [4.78, 5) is 0. The van der Waals surface area contributed by atoms with Crippen LogP contribution in [0.25, 0.3) is 11.1 Å². The fourth-order valence-corrected chi connectivity index (χ4v) is 2.07. The number of hydrogen-bond donors (Lipinski definition) is 2. The molecule has 0 unspecified atom stereocenters. The lowest BCUT2D eigenvalue weighted by molar-refractivity contribution is 0.416. The van der Waals surface area contributed by atoms with Gasteiger partial charge in [-0.2, -0.15) is 0 Å². The maximum absolute atomic E-state index is 9.94. The Morgan fingerprint density at radius 1 is 1.17 bits per heavy atom. The average molecular weight is 284 g/mol. The van der Waals surface area contributed by atoms with Crippen LogP contribution >= 0.6 is 23.2 Å². The van der Waals surface area contributed by atoms with E-state index in [9.17, 15) is 5.11 Å². The highest BCUT2D eigenvalue weighted by Crippen LogP contribution is 2.43. The third kappa shape index (κ3) is 2.19. The van der Waals surface area contributed by atoms with Crippen molar-refractivity contribution in [2.75, 3.05) is 12.8 Å². The zero-order valence-electron chi connectivity index (χ0n) is 9.58. The molecule has 0 atom stereocenters. The minimum absolute atomic E-state index is 0.0254. The van der Waals surface area contributed by atoms with Crippen LogP contribution in [0.2, 0.25) is 10.0 Å². The predicted molar refractivity (Wildman–Crippen MR) is 74.5 cm³/mol. The summed E-state index contributed by atoms with van der Waals surface area (Å²) in [6.07, 6.45) is 0. The van der Waals surface area contributed by atoms with Crippen molar-refractivity contribution < 1.29 is 9.84 Å². The van der Waals surface area contributed by atoms with Gasteiger partial charge in [-0.15, -0.1) is 0 Å². The molecule has 0 saturated heterocycles. The van der Waals surface area contributed by atoms with Crippen LogP contribution in [0.1, 0.15) is 0 Å². The molecule has 2 aromatic rings. The molecule has 94 valence electrons. The Balaban J connectivity index is 2.76. The Bertz CT molecular complexity index is 600. The lowest BCUT2D eigenvalue weighted by atomic mass is 10.0. The van der Waals surface area contributed by atoms with Gasteiger partial charge in [-0.25, -0.2) is 0 Å². The number of phenols is 1. The number of halogens is 2. The molecule has 0 saturated carbocycles. The van der Waals surface area contributed by atoms with Gasteiger partial charge in [-0.1, -0.05) is 23.2 Å². The second-order valence-corrected chi connectivity index (χ2v) is 4.54. The second-order valence-electron chi connectivity index (χ2n) is 3.70. The summed E-state index contributed by atoms with van der Waals surface area (Å²) < 4.78 is 5.24. The summed E-state index contributed by atoms with van der Waals surface area (Å²) >= 11 is 11.9. The van der Waals surface area contributed by atoms with Crippen molar-refractivity contribution in [3.05, 3.63) is 40.4 Å². The summed E-state index contributed by atoms with van der Waals surface area (Å²) in [6.45, 7) is 0. The van der Waals surface area contributed by atoms with Gasteiger partial charge < -0.3 is 15.6 Å². The number of aromatic hydroxyl groups is 1. The summed E-state index contributed by atoms with van der Waals surface area (Å²) in [5.74, 6) is 0.584. The molecule has 0 heterocycles. The van der Waals surface area contributed by atoms with Gasteiger partial charge in [0.15, 0.2) is 0 Å². The first-order valence-electron chi connectivity index (χ1n) is 5.15. The van der Waals surface area contributed by atoms with Gasteiger partial charge in [0.2, 0.25) is 0 Å². The zero-order valence-corrected chi connectivity index (χ0v) is 11.1. The number of methoxy groups -OCH3 is 1. The molecule has 0 fully saturated rings. The van der Waals surface area contributed by atoms with Crippen LogP contribution < -0.4 is 10.5 Å². The van der Waals surface area contributed by atoms with E-state index in [-0.39, 0.29) is 11.4 Å². The number of nitrogens with two attached hydrogens (primary N) is 1. The van der Waals surface area contributed by atoms with E-state index in [2.05, 4.69) is 0 Å². The van der Waals surface area contributed by atoms with E-state index in [0.29, 0.717) is 26.9 Å². The maximum Gasteiger partial charge on any atom is 0.127 e. The predicted octanol–water partition coefficient (Wildman–Crippen LogP) is 3.96. The molecule has 3 nitrogen and oxygen atoms in total. The summed E-state index contributed by atoms with van der Waals surface area (Å²) in [6, 6.07) is 8.09. The van der Waals surface area contributed by atoms with E-state index >= 15 is 0 Å². The molecule has 5 heteroatoms. The van der Waals surface area contributed by atoms with Crippen molar-refractivity contribution in [1.82, 2.24) is 0 Å². The molecule has 0 aromatic heterocycles. The first kappa shape index (κ1) is 12.9. The van der Waals surface area contributed by atoms with Crippen molar-refractivity contribution >= 4 is 28.9 Å². The van der Waals surface area contributed by atoms with Gasteiger partial charge in [0.05, 0.1) is 23.4 Å². The number of rotatable bonds is 2. The molecule has 0 aliphatic rings. The highest BCUT2D eigenvalue weighted by Gasteiger charge is 2.16. The molecule has 18 heavy (non-hydrogen) atoms. The number of ether oxygens (including phenoxy) is 1.